The predicted molar refractivity (Wildman–Crippen MR) is 82.8 cm³/mol. The van der Waals surface area contributed by atoms with Crippen LogP contribution in [0.3, 0.4) is 0 Å². The van der Waals surface area contributed by atoms with Gasteiger partial charge in [-0.15, -0.1) is 0 Å². The number of rotatable bonds is 3. The first-order chi connectivity index (χ1) is 10.1. The molecule has 2 unspecified atom stereocenters. The molecule has 1 amide bonds. The van der Waals surface area contributed by atoms with Gasteiger partial charge in [0.1, 0.15) is 5.75 Å². The lowest BCUT2D eigenvalue weighted by Crippen LogP contribution is -2.44. The number of hydrogen-bond donors (Lipinski definition) is 1. The molecule has 0 aliphatic carbocycles. The molecule has 2 heterocycles. The maximum Gasteiger partial charge on any atom is 0.261 e. The van der Waals surface area contributed by atoms with Crippen LogP contribution in [0.2, 0.25) is 5.02 Å². The van der Waals surface area contributed by atoms with E-state index in [9.17, 15) is 4.79 Å². The van der Waals surface area contributed by atoms with E-state index in [1.807, 2.05) is 17.9 Å². The maximum atomic E-state index is 12.5. The molecule has 1 aromatic rings. The number of fused-ring (bicyclic) bond motifs is 2. The summed E-state index contributed by atoms with van der Waals surface area (Å²) >= 11 is 5.99. The number of amides is 1. The van der Waals surface area contributed by atoms with Crippen molar-refractivity contribution in [2.24, 2.45) is 0 Å². The molecule has 0 spiro atoms. The van der Waals surface area contributed by atoms with Gasteiger partial charge in [-0.1, -0.05) is 11.6 Å². The van der Waals surface area contributed by atoms with E-state index in [-0.39, 0.29) is 12.5 Å². The van der Waals surface area contributed by atoms with Crippen molar-refractivity contribution >= 4 is 17.5 Å². The lowest BCUT2D eigenvalue weighted by Gasteiger charge is -2.27. The molecule has 4 nitrogen and oxygen atoms in total. The van der Waals surface area contributed by atoms with E-state index in [1.165, 1.54) is 0 Å². The molecule has 1 N–H and O–H groups in total. The fourth-order valence-corrected chi connectivity index (χ4v) is 3.43. The quantitative estimate of drug-likeness (QED) is 0.932. The molecular weight excluding hydrogens is 288 g/mol. The van der Waals surface area contributed by atoms with E-state index in [1.54, 1.807) is 12.1 Å². The van der Waals surface area contributed by atoms with E-state index in [0.29, 0.717) is 22.9 Å². The first kappa shape index (κ1) is 14.7. The largest absolute Gasteiger partial charge is 0.484 e. The Balaban J connectivity index is 1.62. The third-order valence-corrected chi connectivity index (χ3v) is 4.86. The molecule has 1 aromatic carbocycles. The molecule has 2 aliphatic heterocycles. The molecule has 5 heteroatoms. The van der Waals surface area contributed by atoms with Gasteiger partial charge in [-0.25, -0.2) is 0 Å². The van der Waals surface area contributed by atoms with Crippen molar-refractivity contribution in [1.29, 1.82) is 0 Å². The second kappa shape index (κ2) is 6.24. The minimum atomic E-state index is 0.0961. The van der Waals surface area contributed by atoms with Crippen molar-refractivity contribution in [3.05, 3.63) is 28.8 Å². The summed E-state index contributed by atoms with van der Waals surface area (Å²) in [5, 5.41) is 4.11. The normalized spacial score (nSPS) is 24.8. The number of ether oxygens (including phenoxy) is 1. The summed E-state index contributed by atoms with van der Waals surface area (Å²) in [6, 6.07) is 6.19. The second-order valence-electron chi connectivity index (χ2n) is 5.88. The van der Waals surface area contributed by atoms with Gasteiger partial charge in [0, 0.05) is 23.7 Å². The van der Waals surface area contributed by atoms with Crippen LogP contribution < -0.4 is 10.1 Å². The van der Waals surface area contributed by atoms with Crippen LogP contribution in [-0.2, 0) is 4.79 Å². The van der Waals surface area contributed by atoms with E-state index >= 15 is 0 Å². The highest BCUT2D eigenvalue weighted by Crippen LogP contribution is 2.28. The highest BCUT2D eigenvalue weighted by Gasteiger charge is 2.37. The number of nitrogens with one attached hydrogen (secondary N) is 1. The molecule has 2 bridgehead atoms. The Hall–Kier alpha value is -1.26. The van der Waals surface area contributed by atoms with Crippen molar-refractivity contribution in [3.8, 4) is 5.75 Å². The molecule has 21 heavy (non-hydrogen) atoms. The summed E-state index contributed by atoms with van der Waals surface area (Å²) in [7, 11) is 0. The third kappa shape index (κ3) is 3.16. The predicted octanol–water partition coefficient (Wildman–Crippen LogP) is 2.38. The summed E-state index contributed by atoms with van der Waals surface area (Å²) in [6.07, 6.45) is 3.27. The van der Waals surface area contributed by atoms with Gasteiger partial charge in [0.15, 0.2) is 6.61 Å². The minimum Gasteiger partial charge on any atom is -0.484 e. The van der Waals surface area contributed by atoms with Crippen LogP contribution in [0.1, 0.15) is 24.8 Å². The topological polar surface area (TPSA) is 41.6 Å². The molecule has 2 atom stereocenters. The molecule has 2 saturated heterocycles. The Labute approximate surface area is 130 Å². The van der Waals surface area contributed by atoms with Crippen molar-refractivity contribution in [2.75, 3.05) is 19.7 Å². The Morgan fingerprint density at radius 1 is 1.38 bits per heavy atom. The van der Waals surface area contributed by atoms with Crippen LogP contribution in [0.4, 0.5) is 0 Å². The summed E-state index contributed by atoms with van der Waals surface area (Å²) in [6.45, 7) is 3.94. The Morgan fingerprint density at radius 2 is 2.19 bits per heavy atom. The second-order valence-corrected chi connectivity index (χ2v) is 6.29. The van der Waals surface area contributed by atoms with Crippen LogP contribution >= 0.6 is 11.6 Å². The van der Waals surface area contributed by atoms with Crippen molar-refractivity contribution in [3.63, 3.8) is 0 Å². The van der Waals surface area contributed by atoms with Gasteiger partial charge in [-0.2, -0.15) is 0 Å². The Morgan fingerprint density at radius 3 is 3.00 bits per heavy atom. The average Bonchev–Trinajstić information content (AvgIpc) is 2.73. The molecular formula is C16H21ClN2O2. The van der Waals surface area contributed by atoms with E-state index < -0.39 is 0 Å². The first-order valence-electron chi connectivity index (χ1n) is 7.56. The molecule has 2 aliphatic rings. The highest BCUT2D eigenvalue weighted by molar-refractivity contribution is 6.31. The first-order valence-corrected chi connectivity index (χ1v) is 7.94. The monoisotopic (exact) mass is 308 g/mol. The van der Waals surface area contributed by atoms with Crippen LogP contribution in [0.15, 0.2) is 18.2 Å². The summed E-state index contributed by atoms with van der Waals surface area (Å²) in [5.74, 6) is 0.796. The summed E-state index contributed by atoms with van der Waals surface area (Å²) < 4.78 is 5.65. The zero-order chi connectivity index (χ0) is 14.8. The molecule has 3 rings (SSSR count). The van der Waals surface area contributed by atoms with Crippen LogP contribution in [-0.4, -0.2) is 42.6 Å². The van der Waals surface area contributed by atoms with Gasteiger partial charge < -0.3 is 15.0 Å². The van der Waals surface area contributed by atoms with E-state index in [2.05, 4.69) is 5.32 Å². The van der Waals surface area contributed by atoms with Crippen LogP contribution in [0.5, 0.6) is 5.75 Å². The number of aryl methyl sites for hydroxylation is 1. The lowest BCUT2D eigenvalue weighted by atomic mass is 10.1. The van der Waals surface area contributed by atoms with Gasteiger partial charge >= 0.3 is 0 Å². The number of halogens is 1. The maximum absolute atomic E-state index is 12.5. The fourth-order valence-electron chi connectivity index (χ4n) is 3.32. The minimum absolute atomic E-state index is 0.0961. The van der Waals surface area contributed by atoms with E-state index in [0.717, 1.165) is 37.9 Å². The lowest BCUT2D eigenvalue weighted by molar-refractivity contribution is -0.136. The number of carbonyl (C=O) groups is 1. The molecule has 2 fully saturated rings. The van der Waals surface area contributed by atoms with Crippen LogP contribution in [0, 0.1) is 6.92 Å². The molecule has 0 aromatic heterocycles. The smallest absolute Gasteiger partial charge is 0.261 e. The SMILES string of the molecule is Cc1cc(OCC(=O)N2C3CCNCC2CC3)ccc1Cl. The van der Waals surface area contributed by atoms with Gasteiger partial charge in [0.05, 0.1) is 0 Å². The van der Waals surface area contributed by atoms with Crippen molar-refractivity contribution in [1.82, 2.24) is 10.2 Å². The summed E-state index contributed by atoms with van der Waals surface area (Å²) in [5.41, 5.74) is 0.959. The van der Waals surface area contributed by atoms with Crippen LogP contribution in [0.25, 0.3) is 0 Å². The van der Waals surface area contributed by atoms with E-state index in [4.69, 9.17) is 16.3 Å². The van der Waals surface area contributed by atoms with Crippen molar-refractivity contribution in [2.45, 2.75) is 38.3 Å². The van der Waals surface area contributed by atoms with Crippen molar-refractivity contribution < 1.29 is 9.53 Å². The van der Waals surface area contributed by atoms with Gasteiger partial charge in [-0.3, -0.25) is 4.79 Å². The molecule has 114 valence electrons. The number of nitrogens with zero attached hydrogens (tertiary/aromatic N) is 1. The zero-order valence-electron chi connectivity index (χ0n) is 12.3. The number of benzene rings is 1. The van der Waals surface area contributed by atoms with Gasteiger partial charge in [0.25, 0.3) is 5.91 Å². The number of carbonyl (C=O) groups excluding carboxylic acids is 1. The molecule has 0 radical (unpaired) electrons. The standard InChI is InChI=1S/C16H21ClN2O2/c1-11-8-14(4-5-15(11)17)21-10-16(20)19-12-2-3-13(19)9-18-7-6-12/h4-5,8,12-13,18H,2-3,6-7,9-10H2,1H3. The third-order valence-electron chi connectivity index (χ3n) is 4.43. The van der Waals surface area contributed by atoms with Gasteiger partial charge in [0.2, 0.25) is 0 Å². The number of hydrogen-bond acceptors (Lipinski definition) is 3. The highest BCUT2D eigenvalue weighted by atomic mass is 35.5. The fraction of sp³-hybridized carbons (Fsp3) is 0.562. The van der Waals surface area contributed by atoms with Gasteiger partial charge in [-0.05, 0) is 56.5 Å². The summed E-state index contributed by atoms with van der Waals surface area (Å²) in [4.78, 5) is 14.5. The Kier molecular flexibility index (Phi) is 4.36. The average molecular weight is 309 g/mol. The Bertz CT molecular complexity index is 521. The zero-order valence-corrected chi connectivity index (χ0v) is 13.0. The molecule has 0 saturated carbocycles.